The van der Waals surface area contributed by atoms with Crippen LogP contribution in [0.25, 0.3) is 0 Å². The summed E-state index contributed by atoms with van der Waals surface area (Å²) in [4.78, 5) is 10.4. The van der Waals surface area contributed by atoms with Crippen LogP contribution in [0.2, 0.25) is 0 Å². The van der Waals surface area contributed by atoms with E-state index in [-0.39, 0.29) is 0 Å². The largest absolute Gasteiger partial charge is 0.363 e. The fraction of sp³-hybridized carbons (Fsp3) is 0.429. The Morgan fingerprint density at radius 1 is 0.444 bits per heavy atom. The number of hydrogen-bond donors (Lipinski definition) is 0. The first-order valence-electron chi connectivity index (χ1n) is 19.5. The van der Waals surface area contributed by atoms with Crippen molar-refractivity contribution in [1.82, 2.24) is 0 Å². The van der Waals surface area contributed by atoms with Gasteiger partial charge in [0.05, 0.1) is 19.6 Å². The van der Waals surface area contributed by atoms with Crippen LogP contribution in [0.4, 0.5) is 11.4 Å². The van der Waals surface area contributed by atoms with Gasteiger partial charge in [0.2, 0.25) is 19.7 Å². The zero-order chi connectivity index (χ0) is 36.3. The van der Waals surface area contributed by atoms with E-state index >= 15 is 0 Å². The predicted octanol–water partition coefficient (Wildman–Crippen LogP) is 9.98. The summed E-state index contributed by atoms with van der Waals surface area (Å²) in [6, 6.07) is 28.8. The molecule has 0 N–H and O–H groups in total. The first kappa shape index (κ1) is 35.0. The SMILES string of the molecule is O=S1(=O)c2ccccc2Sc2ccc(N3C4CCCCC4SC4CC5C(CC43)SC3CCCCC3N5c3ccc4c(c3)S(=O)(=O)c3ccccc3S4)cc21. The first-order valence-corrected chi connectivity index (χ1v) is 25.9. The highest BCUT2D eigenvalue weighted by Gasteiger charge is 2.54. The molecule has 3 aliphatic carbocycles. The maximum absolute atomic E-state index is 14.1. The number of fused-ring (bicyclic) bond motifs is 8. The fourth-order valence-corrected chi connectivity index (χ4v) is 20.9. The van der Waals surface area contributed by atoms with E-state index in [1.165, 1.54) is 38.5 Å². The van der Waals surface area contributed by atoms with Crippen LogP contribution in [-0.4, -0.2) is 62.0 Å². The Labute approximate surface area is 335 Å². The Balaban J connectivity index is 0.974. The summed E-state index contributed by atoms with van der Waals surface area (Å²) in [6.07, 6.45) is 11.7. The van der Waals surface area contributed by atoms with Crippen LogP contribution in [-0.2, 0) is 19.7 Å². The van der Waals surface area contributed by atoms with E-state index in [4.69, 9.17) is 0 Å². The minimum absolute atomic E-state index is 0.311. The molecule has 280 valence electrons. The molecule has 6 nitrogen and oxygen atoms in total. The molecule has 2 saturated heterocycles. The summed E-state index contributed by atoms with van der Waals surface area (Å²) in [5.74, 6) is 0. The smallest absolute Gasteiger partial charge is 0.208 e. The molecule has 54 heavy (non-hydrogen) atoms. The molecule has 0 radical (unpaired) electrons. The quantitative estimate of drug-likeness (QED) is 0.168. The molecule has 11 rings (SSSR count). The molecule has 7 aliphatic rings. The molecular weight excluding hydrogens is 789 g/mol. The molecular formula is C42H42N2O4S6. The predicted molar refractivity (Wildman–Crippen MR) is 222 cm³/mol. The number of nitrogens with zero attached hydrogens (tertiary/aromatic N) is 2. The number of rotatable bonds is 2. The monoisotopic (exact) mass is 830 g/mol. The van der Waals surface area contributed by atoms with Gasteiger partial charge in [0, 0.05) is 76.1 Å². The maximum atomic E-state index is 14.1. The van der Waals surface area contributed by atoms with Gasteiger partial charge in [-0.2, -0.15) is 23.5 Å². The van der Waals surface area contributed by atoms with Crippen molar-refractivity contribution in [3.63, 3.8) is 0 Å². The van der Waals surface area contributed by atoms with Crippen LogP contribution in [0.3, 0.4) is 0 Å². The molecule has 3 saturated carbocycles. The number of hydrogen-bond acceptors (Lipinski definition) is 10. The Hall–Kier alpha value is -2.22. The normalized spacial score (nSPS) is 32.7. The van der Waals surface area contributed by atoms with E-state index in [0.29, 0.717) is 64.7 Å². The third-order valence-corrected chi connectivity index (χ3v) is 23.1. The fourth-order valence-electron chi connectivity index (χ4n) is 10.7. The zero-order valence-electron chi connectivity index (χ0n) is 29.7. The van der Waals surface area contributed by atoms with Gasteiger partial charge in [-0.3, -0.25) is 0 Å². The topological polar surface area (TPSA) is 74.8 Å². The Kier molecular flexibility index (Phi) is 8.53. The second kappa shape index (κ2) is 13.2. The Morgan fingerprint density at radius 3 is 1.31 bits per heavy atom. The lowest BCUT2D eigenvalue weighted by Gasteiger charge is -2.61. The van der Waals surface area contributed by atoms with Gasteiger partial charge in [0.25, 0.3) is 0 Å². The molecule has 5 fully saturated rings. The van der Waals surface area contributed by atoms with Gasteiger partial charge in [0.15, 0.2) is 0 Å². The summed E-state index contributed by atoms with van der Waals surface area (Å²) in [5.41, 5.74) is 2.13. The average Bonchev–Trinajstić information content (AvgIpc) is 3.18. The van der Waals surface area contributed by atoms with Gasteiger partial charge >= 0.3 is 0 Å². The molecule has 0 amide bonds. The van der Waals surface area contributed by atoms with Gasteiger partial charge in [0.1, 0.15) is 0 Å². The first-order chi connectivity index (χ1) is 26.3. The molecule has 0 spiro atoms. The molecule has 8 atom stereocenters. The van der Waals surface area contributed by atoms with E-state index in [0.717, 1.165) is 56.6 Å². The summed E-state index contributed by atoms with van der Waals surface area (Å²) in [6.45, 7) is 0. The van der Waals surface area contributed by atoms with Crippen molar-refractivity contribution in [3.8, 4) is 0 Å². The number of sulfone groups is 2. The van der Waals surface area contributed by atoms with Crippen LogP contribution < -0.4 is 9.80 Å². The van der Waals surface area contributed by atoms with Crippen molar-refractivity contribution in [3.05, 3.63) is 84.9 Å². The van der Waals surface area contributed by atoms with E-state index in [9.17, 15) is 16.8 Å². The van der Waals surface area contributed by atoms with E-state index < -0.39 is 19.7 Å². The second-order valence-electron chi connectivity index (χ2n) is 15.9. The molecule has 0 aromatic heterocycles. The van der Waals surface area contributed by atoms with E-state index in [1.54, 1.807) is 35.7 Å². The third kappa shape index (κ3) is 5.42. The summed E-state index contributed by atoms with van der Waals surface area (Å²) in [5, 5.41) is 1.83. The number of thioether (sulfide) groups is 2. The lowest BCUT2D eigenvalue weighted by molar-refractivity contribution is 0.287. The highest BCUT2D eigenvalue weighted by molar-refractivity contribution is 8.03. The van der Waals surface area contributed by atoms with Crippen LogP contribution in [0.5, 0.6) is 0 Å². The summed E-state index contributed by atoms with van der Waals surface area (Å²) < 4.78 is 56.4. The van der Waals surface area contributed by atoms with Gasteiger partial charge in [-0.05, 0) is 99.2 Å². The second-order valence-corrected chi connectivity index (χ2v) is 24.8. The molecule has 4 aromatic rings. The lowest BCUT2D eigenvalue weighted by Crippen LogP contribution is -2.67. The molecule has 12 heteroatoms. The van der Waals surface area contributed by atoms with Crippen molar-refractivity contribution in [2.75, 3.05) is 9.80 Å². The van der Waals surface area contributed by atoms with E-state index in [2.05, 4.69) is 57.6 Å². The van der Waals surface area contributed by atoms with Crippen LogP contribution in [0.1, 0.15) is 64.2 Å². The number of benzene rings is 4. The lowest BCUT2D eigenvalue weighted by atomic mass is 9.82. The number of anilines is 2. The van der Waals surface area contributed by atoms with Gasteiger partial charge in [-0.25, -0.2) is 16.8 Å². The van der Waals surface area contributed by atoms with Crippen molar-refractivity contribution >= 4 is 78.1 Å². The molecule has 4 aliphatic heterocycles. The molecule has 4 heterocycles. The van der Waals surface area contributed by atoms with Crippen LogP contribution in [0, 0.1) is 0 Å². The van der Waals surface area contributed by atoms with Crippen LogP contribution in [0.15, 0.2) is 124 Å². The molecule has 0 bridgehead atoms. The van der Waals surface area contributed by atoms with Gasteiger partial charge < -0.3 is 9.80 Å². The molecule has 8 unspecified atom stereocenters. The van der Waals surface area contributed by atoms with Crippen molar-refractivity contribution in [2.45, 2.75) is 149 Å². The zero-order valence-corrected chi connectivity index (χ0v) is 34.6. The highest BCUT2D eigenvalue weighted by Crippen LogP contribution is 2.56. The Bertz CT molecular complexity index is 2240. The standard InChI is InChI=1S/C42H42N2O4S6/c45-53(46)39-15-7-5-13-33(39)51-35-19-17-25(21-41(35)53)43-27-9-1-3-11-31(27)49-37-24-30-38(23-29(37)43)50-32-12-4-2-10-28(32)44(30)26-18-20-36-42(22-26)54(47,48)40-16-8-6-14-34(40)52-36/h5-8,13-22,27-32,37-38H,1-4,9-12,23-24H2. The van der Waals surface area contributed by atoms with Crippen LogP contribution >= 0.6 is 47.0 Å². The minimum Gasteiger partial charge on any atom is -0.363 e. The van der Waals surface area contributed by atoms with Crippen molar-refractivity contribution < 1.29 is 16.8 Å². The third-order valence-electron chi connectivity index (χ3n) is 13.0. The highest BCUT2D eigenvalue weighted by atomic mass is 32.2. The maximum Gasteiger partial charge on any atom is 0.208 e. The van der Waals surface area contributed by atoms with E-state index in [1.807, 2.05) is 48.5 Å². The van der Waals surface area contributed by atoms with Gasteiger partial charge in [-0.1, -0.05) is 73.5 Å². The average molecular weight is 831 g/mol. The molecule has 4 aromatic carbocycles. The van der Waals surface area contributed by atoms with Crippen molar-refractivity contribution in [2.24, 2.45) is 0 Å². The van der Waals surface area contributed by atoms with Gasteiger partial charge in [-0.15, -0.1) is 0 Å². The Morgan fingerprint density at radius 2 is 0.852 bits per heavy atom. The minimum atomic E-state index is -3.63. The van der Waals surface area contributed by atoms with Crippen molar-refractivity contribution in [1.29, 1.82) is 0 Å². The summed E-state index contributed by atoms with van der Waals surface area (Å²) in [7, 11) is -7.26. The summed E-state index contributed by atoms with van der Waals surface area (Å²) >= 11 is 7.56.